The summed E-state index contributed by atoms with van der Waals surface area (Å²) >= 11 is 0. The average Bonchev–Trinajstić information content (AvgIpc) is 2.66. The van der Waals surface area contributed by atoms with Crippen LogP contribution in [0.25, 0.3) is 0 Å². The Morgan fingerprint density at radius 1 is 1.15 bits per heavy atom. The molecule has 1 aliphatic heterocycles. The lowest BCUT2D eigenvalue weighted by atomic mass is 9.93. The van der Waals surface area contributed by atoms with Crippen LogP contribution in [0.5, 0.6) is 11.5 Å². The minimum Gasteiger partial charge on any atom is -0.493 e. The van der Waals surface area contributed by atoms with Crippen molar-refractivity contribution in [2.75, 3.05) is 7.11 Å². The normalized spacial score (nSPS) is 16.0. The van der Waals surface area contributed by atoms with Crippen LogP contribution in [0.15, 0.2) is 42.5 Å². The van der Waals surface area contributed by atoms with Crippen molar-refractivity contribution in [1.82, 2.24) is 4.90 Å². The molecule has 3 rings (SSSR count). The highest BCUT2D eigenvalue weighted by Gasteiger charge is 2.34. The molecule has 8 heteroatoms. The van der Waals surface area contributed by atoms with Gasteiger partial charge in [0.2, 0.25) is 5.91 Å². The average molecular weight is 376 g/mol. The fourth-order valence-electron chi connectivity index (χ4n) is 3.15. The summed E-state index contributed by atoms with van der Waals surface area (Å²) in [6.45, 7) is -2.79. The van der Waals surface area contributed by atoms with Crippen LogP contribution < -0.4 is 15.2 Å². The van der Waals surface area contributed by atoms with Gasteiger partial charge < -0.3 is 20.1 Å². The number of rotatable bonds is 5. The number of alkyl halides is 2. The largest absolute Gasteiger partial charge is 0.493 e. The number of primary amides is 1. The smallest absolute Gasteiger partial charge is 0.387 e. The van der Waals surface area contributed by atoms with E-state index in [2.05, 4.69) is 4.74 Å². The molecule has 0 radical (unpaired) electrons. The lowest BCUT2D eigenvalue weighted by molar-refractivity contribution is -0.122. The molecule has 1 aliphatic rings. The molecule has 0 saturated heterocycles. The second-order valence-corrected chi connectivity index (χ2v) is 6.07. The first-order valence-corrected chi connectivity index (χ1v) is 8.20. The van der Waals surface area contributed by atoms with Crippen LogP contribution in [0.2, 0.25) is 0 Å². The summed E-state index contributed by atoms with van der Waals surface area (Å²) in [4.78, 5) is 26.3. The van der Waals surface area contributed by atoms with Gasteiger partial charge in [0.25, 0.3) is 5.91 Å². The molecule has 2 aromatic rings. The van der Waals surface area contributed by atoms with Crippen LogP contribution in [0.3, 0.4) is 0 Å². The fraction of sp³-hybridized carbons (Fsp3) is 0.263. The van der Waals surface area contributed by atoms with Gasteiger partial charge in [-0.05, 0) is 29.3 Å². The number of hydrogen-bond donors (Lipinski definition) is 1. The van der Waals surface area contributed by atoms with Crippen molar-refractivity contribution in [3.8, 4) is 11.5 Å². The van der Waals surface area contributed by atoms with Gasteiger partial charge in [0.15, 0.2) is 11.5 Å². The zero-order valence-electron chi connectivity index (χ0n) is 14.5. The molecule has 1 heterocycles. The van der Waals surface area contributed by atoms with E-state index in [4.69, 9.17) is 10.5 Å². The van der Waals surface area contributed by atoms with Gasteiger partial charge in [0, 0.05) is 18.5 Å². The number of carbonyl (C=O) groups excluding carboxylic acids is 2. The number of nitrogens with two attached hydrogens (primary N) is 1. The van der Waals surface area contributed by atoms with E-state index in [0.29, 0.717) is 6.42 Å². The molecule has 2 N–H and O–H groups in total. The second-order valence-electron chi connectivity index (χ2n) is 6.07. The SMILES string of the molecule is COc1cc(C(=O)N2Cc3ccccc3C[C@@H]2C(N)=O)ccc1OC(F)F. The molecule has 0 fully saturated rings. The van der Waals surface area contributed by atoms with Gasteiger partial charge in [0.05, 0.1) is 7.11 Å². The lowest BCUT2D eigenvalue weighted by Crippen LogP contribution is -2.51. The Morgan fingerprint density at radius 3 is 2.48 bits per heavy atom. The minimum atomic E-state index is -3.02. The summed E-state index contributed by atoms with van der Waals surface area (Å²) < 4.78 is 34.3. The summed E-state index contributed by atoms with van der Waals surface area (Å²) in [6, 6.07) is 10.6. The molecule has 0 spiro atoms. The van der Waals surface area contributed by atoms with Crippen molar-refractivity contribution < 1.29 is 27.8 Å². The van der Waals surface area contributed by atoms with Crippen molar-refractivity contribution >= 4 is 11.8 Å². The molecule has 0 unspecified atom stereocenters. The number of hydrogen-bond acceptors (Lipinski definition) is 4. The quantitative estimate of drug-likeness (QED) is 0.869. The van der Waals surface area contributed by atoms with Crippen LogP contribution >= 0.6 is 0 Å². The summed E-state index contributed by atoms with van der Waals surface area (Å²) in [6.07, 6.45) is 0.320. The van der Waals surface area contributed by atoms with Crippen molar-refractivity contribution in [1.29, 1.82) is 0 Å². The van der Waals surface area contributed by atoms with E-state index in [9.17, 15) is 18.4 Å². The molecule has 0 saturated carbocycles. The number of benzene rings is 2. The van der Waals surface area contributed by atoms with E-state index >= 15 is 0 Å². The Bertz CT molecular complexity index is 873. The topological polar surface area (TPSA) is 81.9 Å². The van der Waals surface area contributed by atoms with Gasteiger partial charge in [-0.15, -0.1) is 0 Å². The number of fused-ring (bicyclic) bond motifs is 1. The first-order valence-electron chi connectivity index (χ1n) is 8.20. The molecule has 2 amide bonds. The van der Waals surface area contributed by atoms with E-state index in [-0.39, 0.29) is 23.6 Å². The number of ether oxygens (including phenoxy) is 2. The Balaban J connectivity index is 1.93. The van der Waals surface area contributed by atoms with E-state index in [1.54, 1.807) is 0 Å². The summed E-state index contributed by atoms with van der Waals surface area (Å²) in [7, 11) is 1.28. The maximum Gasteiger partial charge on any atom is 0.387 e. The molecule has 2 aromatic carbocycles. The summed E-state index contributed by atoms with van der Waals surface area (Å²) in [5.41, 5.74) is 7.57. The summed E-state index contributed by atoms with van der Waals surface area (Å²) in [5, 5.41) is 0. The fourth-order valence-corrected chi connectivity index (χ4v) is 3.15. The van der Waals surface area contributed by atoms with E-state index < -0.39 is 24.5 Å². The number of halogens is 2. The molecule has 0 aliphatic carbocycles. The van der Waals surface area contributed by atoms with Crippen LogP contribution in [-0.4, -0.2) is 36.5 Å². The Labute approximate surface area is 154 Å². The first-order chi connectivity index (χ1) is 12.9. The van der Waals surface area contributed by atoms with Gasteiger partial charge in [-0.3, -0.25) is 9.59 Å². The first kappa shape index (κ1) is 18.6. The van der Waals surface area contributed by atoms with Gasteiger partial charge in [0.1, 0.15) is 6.04 Å². The molecule has 1 atom stereocenters. The zero-order chi connectivity index (χ0) is 19.6. The van der Waals surface area contributed by atoms with E-state index in [1.165, 1.54) is 30.2 Å². The van der Waals surface area contributed by atoms with E-state index in [1.807, 2.05) is 24.3 Å². The Morgan fingerprint density at radius 2 is 1.85 bits per heavy atom. The van der Waals surface area contributed by atoms with Gasteiger partial charge >= 0.3 is 6.61 Å². The highest BCUT2D eigenvalue weighted by atomic mass is 19.3. The van der Waals surface area contributed by atoms with Gasteiger partial charge in [-0.1, -0.05) is 24.3 Å². The predicted octanol–water partition coefficient (Wildman–Crippen LogP) is 2.35. The van der Waals surface area contributed by atoms with Crippen LogP contribution in [0.4, 0.5) is 8.78 Å². The third-order valence-electron chi connectivity index (χ3n) is 4.46. The number of methoxy groups -OCH3 is 1. The molecular formula is C19H18F2N2O4. The number of amides is 2. The molecule has 142 valence electrons. The molecular weight excluding hydrogens is 358 g/mol. The highest BCUT2D eigenvalue weighted by molar-refractivity contribution is 5.98. The molecule has 6 nitrogen and oxygen atoms in total. The van der Waals surface area contributed by atoms with Crippen molar-refractivity contribution in [2.45, 2.75) is 25.6 Å². The van der Waals surface area contributed by atoms with Crippen LogP contribution in [-0.2, 0) is 17.8 Å². The minimum absolute atomic E-state index is 0.00538. The zero-order valence-corrected chi connectivity index (χ0v) is 14.5. The maximum absolute atomic E-state index is 13.0. The van der Waals surface area contributed by atoms with Crippen LogP contribution in [0, 0.1) is 0 Å². The monoisotopic (exact) mass is 376 g/mol. The van der Waals surface area contributed by atoms with Gasteiger partial charge in [-0.25, -0.2) is 0 Å². The third kappa shape index (κ3) is 3.84. The van der Waals surface area contributed by atoms with Crippen molar-refractivity contribution in [2.24, 2.45) is 5.73 Å². The van der Waals surface area contributed by atoms with Crippen LogP contribution in [0.1, 0.15) is 21.5 Å². The Hall–Kier alpha value is -3.16. The number of carbonyl (C=O) groups is 2. The summed E-state index contributed by atoms with van der Waals surface area (Å²) in [5.74, 6) is -1.24. The third-order valence-corrected chi connectivity index (χ3v) is 4.46. The van der Waals surface area contributed by atoms with E-state index in [0.717, 1.165) is 11.1 Å². The molecule has 0 bridgehead atoms. The van der Waals surface area contributed by atoms with Crippen molar-refractivity contribution in [3.63, 3.8) is 0 Å². The lowest BCUT2D eigenvalue weighted by Gasteiger charge is -2.35. The predicted molar refractivity (Wildman–Crippen MR) is 92.6 cm³/mol. The Kier molecular flexibility index (Phi) is 5.25. The number of nitrogens with zero attached hydrogens (tertiary/aromatic N) is 1. The molecule has 0 aromatic heterocycles. The molecule has 27 heavy (non-hydrogen) atoms. The van der Waals surface area contributed by atoms with Gasteiger partial charge in [-0.2, -0.15) is 8.78 Å². The standard InChI is InChI=1S/C19H18F2N2O4/c1-26-16-9-12(6-7-15(16)27-19(20)21)18(25)23-10-13-5-3-2-4-11(13)8-14(23)17(22)24/h2-7,9,14,19H,8,10H2,1H3,(H2,22,24)/t14-/m1/s1. The highest BCUT2D eigenvalue weighted by Crippen LogP contribution is 2.31. The maximum atomic E-state index is 13.0. The van der Waals surface area contributed by atoms with Crippen molar-refractivity contribution in [3.05, 3.63) is 59.2 Å². The second kappa shape index (κ2) is 7.61.